The average Bonchev–Trinajstić information content (AvgIpc) is 2.93. The van der Waals surface area contributed by atoms with Crippen molar-refractivity contribution in [3.05, 3.63) is 52.3 Å². The number of nitrogens with zero attached hydrogens (tertiary/aromatic N) is 3. The van der Waals surface area contributed by atoms with E-state index >= 15 is 0 Å². The number of carbonyl (C=O) groups is 2. The Kier molecular flexibility index (Phi) is 7.81. The number of aromatic nitrogens is 2. The van der Waals surface area contributed by atoms with Crippen molar-refractivity contribution >= 4 is 23.6 Å². The second kappa shape index (κ2) is 9.89. The van der Waals surface area contributed by atoms with Crippen LogP contribution in [0.15, 0.2) is 30.3 Å². The molecule has 8 heteroatoms. The molecule has 0 atom stereocenters. The van der Waals surface area contributed by atoms with E-state index in [4.69, 9.17) is 16.3 Å². The summed E-state index contributed by atoms with van der Waals surface area (Å²) in [6, 6.07) is 8.69. The fourth-order valence-electron chi connectivity index (χ4n) is 2.78. The number of halogens is 1. The summed E-state index contributed by atoms with van der Waals surface area (Å²) in [6.45, 7) is 8.74. The molecule has 1 N–H and O–H groups in total. The second-order valence-corrected chi connectivity index (χ2v) is 8.26. The Hall–Kier alpha value is -2.38. The van der Waals surface area contributed by atoms with Crippen molar-refractivity contribution in [1.82, 2.24) is 20.0 Å². The zero-order chi connectivity index (χ0) is 21.6. The molecule has 0 aliphatic rings. The lowest BCUT2D eigenvalue weighted by atomic mass is 10.2. The second-order valence-electron chi connectivity index (χ2n) is 7.85. The molecule has 2 rings (SSSR count). The van der Waals surface area contributed by atoms with E-state index in [1.165, 1.54) is 0 Å². The van der Waals surface area contributed by atoms with Gasteiger partial charge in [0.2, 0.25) is 0 Å². The monoisotopic (exact) mass is 420 g/mol. The van der Waals surface area contributed by atoms with E-state index in [1.807, 2.05) is 24.7 Å². The quantitative estimate of drug-likeness (QED) is 0.686. The summed E-state index contributed by atoms with van der Waals surface area (Å²) in [5.74, 6) is -0.466. The highest BCUT2D eigenvalue weighted by Crippen LogP contribution is 2.19. The number of hydrogen-bond donors (Lipinski definition) is 1. The van der Waals surface area contributed by atoms with Crippen molar-refractivity contribution in [2.45, 2.75) is 46.3 Å². The van der Waals surface area contributed by atoms with Gasteiger partial charge < -0.3 is 10.1 Å². The predicted molar refractivity (Wildman–Crippen MR) is 113 cm³/mol. The lowest BCUT2D eigenvalue weighted by molar-refractivity contribution is 0.0240. The van der Waals surface area contributed by atoms with Gasteiger partial charge in [0, 0.05) is 20.1 Å². The minimum Gasteiger partial charge on any atom is -0.443 e. The van der Waals surface area contributed by atoms with Crippen LogP contribution in [0.5, 0.6) is 0 Å². The molecule has 2 amide bonds. The molecule has 0 aliphatic carbocycles. The van der Waals surface area contributed by atoms with Gasteiger partial charge in [-0.1, -0.05) is 23.7 Å². The Balaban J connectivity index is 1.99. The first-order valence-corrected chi connectivity index (χ1v) is 9.96. The third-order valence-corrected chi connectivity index (χ3v) is 4.43. The predicted octanol–water partition coefficient (Wildman–Crippen LogP) is 3.94. The first-order valence-electron chi connectivity index (χ1n) is 9.58. The van der Waals surface area contributed by atoms with Gasteiger partial charge in [-0.2, -0.15) is 5.10 Å². The number of imide groups is 1. The maximum absolute atomic E-state index is 12.9. The minimum atomic E-state index is -0.703. The Bertz CT molecular complexity index is 858. The third kappa shape index (κ3) is 6.87. The minimum absolute atomic E-state index is 0.219. The van der Waals surface area contributed by atoms with Crippen molar-refractivity contribution < 1.29 is 14.3 Å². The normalized spacial score (nSPS) is 11.4. The number of rotatable bonds is 7. The van der Waals surface area contributed by atoms with Gasteiger partial charge in [0.15, 0.2) is 0 Å². The molecule has 7 nitrogen and oxygen atoms in total. The third-order valence-electron chi connectivity index (χ3n) is 4.10. The molecule has 0 saturated carbocycles. The van der Waals surface area contributed by atoms with Crippen LogP contribution in [0.3, 0.4) is 0 Å². The summed E-state index contributed by atoms with van der Waals surface area (Å²) in [5.41, 5.74) is 1.61. The fourth-order valence-corrected chi connectivity index (χ4v) is 3.00. The first kappa shape index (κ1) is 22.9. The summed E-state index contributed by atoms with van der Waals surface area (Å²) in [7, 11) is 1.90. The van der Waals surface area contributed by atoms with Crippen LogP contribution in [0.4, 0.5) is 4.79 Å². The number of aryl methyl sites for hydroxylation is 2. The largest absolute Gasteiger partial charge is 0.443 e. The molecule has 158 valence electrons. The number of benzene rings is 1. The van der Waals surface area contributed by atoms with Crippen molar-refractivity contribution in [3.8, 4) is 0 Å². The summed E-state index contributed by atoms with van der Waals surface area (Å²) in [4.78, 5) is 26.7. The van der Waals surface area contributed by atoms with Crippen LogP contribution < -0.4 is 5.32 Å². The van der Waals surface area contributed by atoms with Crippen molar-refractivity contribution in [3.63, 3.8) is 0 Å². The highest BCUT2D eigenvalue weighted by atomic mass is 35.5. The highest BCUT2D eigenvalue weighted by Gasteiger charge is 2.28. The van der Waals surface area contributed by atoms with Crippen LogP contribution in [0.1, 0.15) is 48.9 Å². The summed E-state index contributed by atoms with van der Waals surface area (Å²) in [5, 5.41) is 7.92. The van der Waals surface area contributed by atoms with Crippen LogP contribution in [0.2, 0.25) is 5.02 Å². The van der Waals surface area contributed by atoms with Gasteiger partial charge in [-0.25, -0.2) is 9.69 Å². The van der Waals surface area contributed by atoms with Crippen LogP contribution >= 0.6 is 11.6 Å². The molecular formula is C21H29ClN4O3. The van der Waals surface area contributed by atoms with Crippen LogP contribution in [-0.4, -0.2) is 45.4 Å². The number of nitrogens with one attached hydrogen (secondary N) is 1. The fraction of sp³-hybridized carbons (Fsp3) is 0.476. The Morgan fingerprint density at radius 3 is 2.55 bits per heavy atom. The van der Waals surface area contributed by atoms with E-state index in [9.17, 15) is 9.59 Å². The summed E-state index contributed by atoms with van der Waals surface area (Å²) >= 11 is 6.15. The average molecular weight is 421 g/mol. The molecule has 0 unspecified atom stereocenters. The Morgan fingerprint density at radius 1 is 1.28 bits per heavy atom. The van der Waals surface area contributed by atoms with Gasteiger partial charge in [-0.05, 0) is 58.9 Å². The lowest BCUT2D eigenvalue weighted by Crippen LogP contribution is -2.42. The molecule has 0 bridgehead atoms. The van der Waals surface area contributed by atoms with E-state index in [2.05, 4.69) is 10.4 Å². The van der Waals surface area contributed by atoms with Gasteiger partial charge in [-0.15, -0.1) is 0 Å². The molecule has 29 heavy (non-hydrogen) atoms. The smallest absolute Gasteiger partial charge is 0.417 e. The van der Waals surface area contributed by atoms with Gasteiger partial charge >= 0.3 is 6.09 Å². The zero-order valence-corrected chi connectivity index (χ0v) is 18.4. The van der Waals surface area contributed by atoms with Gasteiger partial charge in [-0.3, -0.25) is 9.48 Å². The molecule has 2 aromatic rings. The summed E-state index contributed by atoms with van der Waals surface area (Å²) in [6.07, 6.45) is -0.101. The zero-order valence-electron chi connectivity index (χ0n) is 17.7. The number of amides is 2. The van der Waals surface area contributed by atoms with Crippen LogP contribution in [0, 0.1) is 6.92 Å². The van der Waals surface area contributed by atoms with E-state index in [0.29, 0.717) is 24.5 Å². The van der Waals surface area contributed by atoms with Crippen molar-refractivity contribution in [2.75, 3.05) is 13.1 Å². The van der Waals surface area contributed by atoms with Gasteiger partial charge in [0.1, 0.15) is 5.60 Å². The highest BCUT2D eigenvalue weighted by molar-refractivity contribution is 6.34. The molecule has 0 radical (unpaired) electrons. The topological polar surface area (TPSA) is 76.5 Å². The summed E-state index contributed by atoms with van der Waals surface area (Å²) < 4.78 is 7.25. The lowest BCUT2D eigenvalue weighted by Gasteiger charge is -2.26. The number of carbonyl (C=O) groups excluding carboxylic acids is 2. The van der Waals surface area contributed by atoms with Crippen LogP contribution in [0.25, 0.3) is 0 Å². The van der Waals surface area contributed by atoms with E-state index in [1.54, 1.807) is 45.0 Å². The molecule has 0 saturated heterocycles. The molecule has 1 aromatic carbocycles. The van der Waals surface area contributed by atoms with E-state index in [0.717, 1.165) is 16.3 Å². The molecule has 1 heterocycles. The molecular weight excluding hydrogens is 392 g/mol. The first-order chi connectivity index (χ1) is 13.6. The van der Waals surface area contributed by atoms with Gasteiger partial charge in [0.05, 0.1) is 22.0 Å². The van der Waals surface area contributed by atoms with E-state index < -0.39 is 17.6 Å². The molecule has 0 fully saturated rings. The molecule has 0 spiro atoms. The van der Waals surface area contributed by atoms with E-state index in [-0.39, 0.29) is 12.1 Å². The SMILES string of the molecule is Cc1cc(CNCCCN(C(=O)OC(C)(C)C)C(=O)c2ccccc2Cl)n(C)n1. The maximum atomic E-state index is 12.9. The van der Waals surface area contributed by atoms with Crippen molar-refractivity contribution in [1.29, 1.82) is 0 Å². The van der Waals surface area contributed by atoms with Crippen LogP contribution in [-0.2, 0) is 18.3 Å². The Labute approximate surface area is 177 Å². The molecule has 1 aromatic heterocycles. The molecule has 0 aliphatic heterocycles. The standard InChI is InChI=1S/C21H29ClN4O3/c1-15-13-16(25(5)24-15)14-23-11-8-12-26(20(28)29-21(2,3)4)19(27)17-9-6-7-10-18(17)22/h6-7,9-10,13,23H,8,11-12,14H2,1-5H3. The van der Waals surface area contributed by atoms with Crippen molar-refractivity contribution in [2.24, 2.45) is 7.05 Å². The van der Waals surface area contributed by atoms with Gasteiger partial charge in [0.25, 0.3) is 5.91 Å². The maximum Gasteiger partial charge on any atom is 0.417 e. The number of ether oxygens (including phenoxy) is 1. The number of hydrogen-bond acceptors (Lipinski definition) is 5. The Morgan fingerprint density at radius 2 is 1.97 bits per heavy atom.